The minimum absolute atomic E-state index is 0.0568. The molecule has 0 radical (unpaired) electrons. The van der Waals surface area contributed by atoms with Crippen LogP contribution in [0.25, 0.3) is 5.69 Å². The van der Waals surface area contributed by atoms with Crippen LogP contribution in [-0.4, -0.2) is 25.5 Å². The van der Waals surface area contributed by atoms with Gasteiger partial charge in [-0.2, -0.15) is 10.2 Å². The number of rotatable bonds is 4. The van der Waals surface area contributed by atoms with Gasteiger partial charge < -0.3 is 5.32 Å². The second kappa shape index (κ2) is 6.68. The first-order chi connectivity index (χ1) is 13.0. The number of nitrogens with one attached hydrogen (secondary N) is 1. The molecule has 1 N–H and O–H groups in total. The maximum Gasteiger partial charge on any atom is 0.254 e. The van der Waals surface area contributed by atoms with Crippen LogP contribution in [0, 0.1) is 5.41 Å². The quantitative estimate of drug-likeness (QED) is 0.771. The maximum absolute atomic E-state index is 12.7. The highest BCUT2D eigenvalue weighted by Crippen LogP contribution is 2.41. The summed E-state index contributed by atoms with van der Waals surface area (Å²) < 4.78 is 3.77. The first-order valence-corrected chi connectivity index (χ1v) is 9.42. The number of amides is 1. The molecule has 0 bridgehead atoms. The summed E-state index contributed by atoms with van der Waals surface area (Å²) in [5, 5.41) is 12.0. The zero-order chi connectivity index (χ0) is 19.0. The van der Waals surface area contributed by atoms with E-state index in [1.165, 1.54) is 5.69 Å². The van der Waals surface area contributed by atoms with E-state index in [0.717, 1.165) is 30.6 Å². The van der Waals surface area contributed by atoms with Gasteiger partial charge in [-0.25, -0.2) is 4.68 Å². The van der Waals surface area contributed by atoms with E-state index >= 15 is 0 Å². The molecule has 2 aromatic heterocycles. The molecule has 0 aliphatic heterocycles. The summed E-state index contributed by atoms with van der Waals surface area (Å²) in [6, 6.07) is 10.1. The molecule has 1 amide bonds. The summed E-state index contributed by atoms with van der Waals surface area (Å²) in [4.78, 5) is 12.7. The smallest absolute Gasteiger partial charge is 0.254 e. The van der Waals surface area contributed by atoms with Gasteiger partial charge in [0.2, 0.25) is 0 Å². The van der Waals surface area contributed by atoms with Crippen molar-refractivity contribution >= 4 is 5.91 Å². The van der Waals surface area contributed by atoms with E-state index in [1.807, 2.05) is 36.0 Å². The fraction of sp³-hybridized carbons (Fsp3) is 0.381. The van der Waals surface area contributed by atoms with Crippen molar-refractivity contribution in [3.63, 3.8) is 0 Å². The third-order valence-electron chi connectivity index (χ3n) is 5.20. The third kappa shape index (κ3) is 3.39. The lowest BCUT2D eigenvalue weighted by molar-refractivity contribution is 0.0919. The van der Waals surface area contributed by atoms with Crippen molar-refractivity contribution in [1.82, 2.24) is 24.9 Å². The van der Waals surface area contributed by atoms with Crippen molar-refractivity contribution in [1.29, 1.82) is 0 Å². The molecular formula is C21H25N5O. The average molecular weight is 363 g/mol. The Balaban J connectivity index is 1.65. The van der Waals surface area contributed by atoms with Crippen LogP contribution >= 0.6 is 0 Å². The number of aromatic nitrogens is 4. The number of hydrogen-bond acceptors (Lipinski definition) is 3. The molecule has 6 heteroatoms. The fourth-order valence-corrected chi connectivity index (χ4v) is 3.86. The third-order valence-corrected chi connectivity index (χ3v) is 5.20. The van der Waals surface area contributed by atoms with E-state index < -0.39 is 0 Å². The number of para-hydroxylation sites is 1. The Morgan fingerprint density at radius 1 is 1.22 bits per heavy atom. The number of carbonyl (C=O) groups is 1. The summed E-state index contributed by atoms with van der Waals surface area (Å²) in [5.74, 6) is -0.0872. The molecular weight excluding hydrogens is 338 g/mol. The van der Waals surface area contributed by atoms with Gasteiger partial charge in [0, 0.05) is 18.3 Å². The molecule has 0 saturated heterocycles. The number of fused-ring (bicyclic) bond motifs is 1. The lowest BCUT2D eigenvalue weighted by Crippen LogP contribution is -2.36. The standard InChI is InChI=1S/C21H25N5O/c1-4-25-14-15(12-22-25)20(27)24-18-10-21(2,3)11-19-17(18)13-23-26(19)16-8-6-5-7-9-16/h5-9,12-14,18H,4,10-11H2,1-3H3,(H,24,27)/t18-/m1/s1. The number of aryl methyl sites for hydroxylation is 1. The summed E-state index contributed by atoms with van der Waals surface area (Å²) in [6.45, 7) is 7.24. The molecule has 0 fully saturated rings. The lowest BCUT2D eigenvalue weighted by atomic mass is 9.74. The Kier molecular flexibility index (Phi) is 4.34. The molecule has 1 aliphatic carbocycles. The summed E-state index contributed by atoms with van der Waals surface area (Å²) in [6.07, 6.45) is 7.13. The fourth-order valence-electron chi connectivity index (χ4n) is 3.86. The molecule has 1 atom stereocenters. The zero-order valence-corrected chi connectivity index (χ0v) is 16.0. The van der Waals surface area contributed by atoms with Crippen LogP contribution in [0.3, 0.4) is 0 Å². The lowest BCUT2D eigenvalue weighted by Gasteiger charge is -2.35. The first kappa shape index (κ1) is 17.5. The van der Waals surface area contributed by atoms with Gasteiger partial charge in [0.05, 0.1) is 35.4 Å². The van der Waals surface area contributed by atoms with Gasteiger partial charge in [-0.05, 0) is 37.3 Å². The van der Waals surface area contributed by atoms with Gasteiger partial charge >= 0.3 is 0 Å². The van der Waals surface area contributed by atoms with Crippen LogP contribution < -0.4 is 5.32 Å². The molecule has 1 aliphatic rings. The van der Waals surface area contributed by atoms with Crippen molar-refractivity contribution in [2.24, 2.45) is 5.41 Å². The Morgan fingerprint density at radius 3 is 2.70 bits per heavy atom. The normalized spacial score (nSPS) is 18.1. The monoisotopic (exact) mass is 363 g/mol. The van der Waals surface area contributed by atoms with Crippen molar-refractivity contribution < 1.29 is 4.79 Å². The highest BCUT2D eigenvalue weighted by atomic mass is 16.1. The molecule has 27 heavy (non-hydrogen) atoms. The van der Waals surface area contributed by atoms with Crippen LogP contribution in [0.5, 0.6) is 0 Å². The molecule has 140 valence electrons. The van der Waals surface area contributed by atoms with Crippen LogP contribution in [0.1, 0.15) is 54.8 Å². The first-order valence-electron chi connectivity index (χ1n) is 9.42. The maximum atomic E-state index is 12.7. The number of carbonyl (C=O) groups excluding carboxylic acids is 1. The minimum Gasteiger partial charge on any atom is -0.345 e. The van der Waals surface area contributed by atoms with Gasteiger partial charge in [0.25, 0.3) is 5.91 Å². The Hall–Kier alpha value is -2.89. The molecule has 1 aromatic carbocycles. The zero-order valence-electron chi connectivity index (χ0n) is 16.0. The predicted octanol–water partition coefficient (Wildman–Crippen LogP) is 3.53. The highest BCUT2D eigenvalue weighted by molar-refractivity contribution is 5.94. The topological polar surface area (TPSA) is 64.7 Å². The van der Waals surface area contributed by atoms with Gasteiger partial charge in [-0.15, -0.1) is 0 Å². The predicted molar refractivity (Wildman–Crippen MR) is 104 cm³/mol. The van der Waals surface area contributed by atoms with Crippen molar-refractivity contribution in [3.8, 4) is 5.69 Å². The van der Waals surface area contributed by atoms with E-state index in [2.05, 4.69) is 41.5 Å². The van der Waals surface area contributed by atoms with Gasteiger partial charge in [-0.1, -0.05) is 32.0 Å². The van der Waals surface area contributed by atoms with Crippen LogP contribution in [0.4, 0.5) is 0 Å². The molecule has 6 nitrogen and oxygen atoms in total. The molecule has 0 saturated carbocycles. The minimum atomic E-state index is -0.0872. The van der Waals surface area contributed by atoms with Crippen molar-refractivity contribution in [3.05, 3.63) is 65.7 Å². The molecule has 0 unspecified atom stereocenters. The van der Waals surface area contributed by atoms with Crippen LogP contribution in [-0.2, 0) is 13.0 Å². The Bertz CT molecular complexity index is 954. The summed E-state index contributed by atoms with van der Waals surface area (Å²) in [7, 11) is 0. The highest BCUT2D eigenvalue weighted by Gasteiger charge is 2.36. The van der Waals surface area contributed by atoms with E-state index in [9.17, 15) is 4.79 Å². The summed E-state index contributed by atoms with van der Waals surface area (Å²) in [5.41, 5.74) is 4.00. The average Bonchev–Trinajstić information content (AvgIpc) is 3.28. The molecule has 2 heterocycles. The van der Waals surface area contributed by atoms with Crippen molar-refractivity contribution in [2.45, 2.75) is 46.2 Å². The van der Waals surface area contributed by atoms with E-state index in [-0.39, 0.29) is 17.4 Å². The number of hydrogen-bond donors (Lipinski definition) is 1. The van der Waals surface area contributed by atoms with Crippen LogP contribution in [0.2, 0.25) is 0 Å². The Labute approximate surface area is 159 Å². The van der Waals surface area contributed by atoms with E-state index in [4.69, 9.17) is 0 Å². The SMILES string of the molecule is CCn1cc(C(=O)N[C@@H]2CC(C)(C)Cc3c2cnn3-c2ccccc2)cn1. The molecule has 4 rings (SSSR count). The number of benzene rings is 1. The van der Waals surface area contributed by atoms with E-state index in [0.29, 0.717) is 5.56 Å². The van der Waals surface area contributed by atoms with E-state index in [1.54, 1.807) is 17.1 Å². The van der Waals surface area contributed by atoms with Gasteiger partial charge in [-0.3, -0.25) is 9.48 Å². The van der Waals surface area contributed by atoms with Crippen molar-refractivity contribution in [2.75, 3.05) is 0 Å². The second-order valence-corrected chi connectivity index (χ2v) is 7.95. The summed E-state index contributed by atoms with van der Waals surface area (Å²) >= 11 is 0. The van der Waals surface area contributed by atoms with Gasteiger partial charge in [0.1, 0.15) is 0 Å². The largest absolute Gasteiger partial charge is 0.345 e. The van der Waals surface area contributed by atoms with Crippen LogP contribution in [0.15, 0.2) is 48.9 Å². The molecule has 3 aromatic rings. The number of nitrogens with zero attached hydrogens (tertiary/aromatic N) is 4. The molecule has 0 spiro atoms. The second-order valence-electron chi connectivity index (χ2n) is 7.95. The Morgan fingerprint density at radius 2 is 2.00 bits per heavy atom. The van der Waals surface area contributed by atoms with Gasteiger partial charge in [0.15, 0.2) is 0 Å².